The van der Waals surface area contributed by atoms with Gasteiger partial charge in [0.05, 0.1) is 5.01 Å². The number of hydrogen-bond donors (Lipinski definition) is 1. The van der Waals surface area contributed by atoms with Crippen molar-refractivity contribution in [2.45, 2.75) is 33.6 Å². The highest BCUT2D eigenvalue weighted by molar-refractivity contribution is 7.09. The van der Waals surface area contributed by atoms with E-state index in [1.807, 2.05) is 6.92 Å². The van der Waals surface area contributed by atoms with Gasteiger partial charge in [-0.1, -0.05) is 13.8 Å². The Morgan fingerprint density at radius 1 is 1.54 bits per heavy atom. The Hall–Kier alpha value is -0.410. The Bertz CT molecular complexity index is 266. The van der Waals surface area contributed by atoms with E-state index in [0.29, 0.717) is 5.41 Å². The second kappa shape index (κ2) is 4.20. The molecule has 0 fully saturated rings. The lowest BCUT2D eigenvalue weighted by atomic mass is 9.86. The summed E-state index contributed by atoms with van der Waals surface area (Å²) in [5.41, 5.74) is 6.98. The predicted octanol–water partition coefficient (Wildman–Crippen LogP) is 2.37. The van der Waals surface area contributed by atoms with Crippen molar-refractivity contribution in [2.24, 2.45) is 11.1 Å². The number of thiazole rings is 1. The van der Waals surface area contributed by atoms with E-state index < -0.39 is 0 Å². The summed E-state index contributed by atoms with van der Waals surface area (Å²) in [7, 11) is 0. The maximum atomic E-state index is 5.56. The molecule has 0 aliphatic rings. The van der Waals surface area contributed by atoms with Gasteiger partial charge in [-0.25, -0.2) is 4.98 Å². The summed E-state index contributed by atoms with van der Waals surface area (Å²) < 4.78 is 0. The fourth-order valence-corrected chi connectivity index (χ4v) is 2.40. The van der Waals surface area contributed by atoms with Crippen LogP contribution < -0.4 is 5.73 Å². The molecule has 1 heterocycles. The van der Waals surface area contributed by atoms with Gasteiger partial charge in [0.1, 0.15) is 0 Å². The Balaban J connectivity index is 2.57. The molecule has 0 aromatic carbocycles. The molecule has 0 unspecified atom stereocenters. The summed E-state index contributed by atoms with van der Waals surface area (Å²) in [5, 5.41) is 3.34. The van der Waals surface area contributed by atoms with Crippen LogP contribution in [0.2, 0.25) is 0 Å². The summed E-state index contributed by atoms with van der Waals surface area (Å²) in [6.07, 6.45) is 2.11. The molecule has 0 radical (unpaired) electrons. The highest BCUT2D eigenvalue weighted by Crippen LogP contribution is 2.26. The fourth-order valence-electron chi connectivity index (χ4n) is 1.37. The van der Waals surface area contributed by atoms with Crippen molar-refractivity contribution >= 4 is 11.3 Å². The standard InChI is InChI=1S/C10H18N2S/c1-8-7-13-9(12-8)6-10(2,3)4-5-11/h7H,4-6,11H2,1-3H3. The predicted molar refractivity (Wildman–Crippen MR) is 58.0 cm³/mol. The highest BCUT2D eigenvalue weighted by atomic mass is 32.1. The van der Waals surface area contributed by atoms with Crippen LogP contribution >= 0.6 is 11.3 Å². The van der Waals surface area contributed by atoms with E-state index >= 15 is 0 Å². The molecule has 0 saturated carbocycles. The smallest absolute Gasteiger partial charge is 0.0933 e. The minimum absolute atomic E-state index is 0.291. The number of nitrogens with zero attached hydrogens (tertiary/aromatic N) is 1. The third-order valence-corrected chi connectivity index (χ3v) is 3.08. The van der Waals surface area contributed by atoms with Crippen molar-refractivity contribution in [3.8, 4) is 0 Å². The first-order valence-electron chi connectivity index (χ1n) is 4.64. The minimum atomic E-state index is 0.291. The van der Waals surface area contributed by atoms with Gasteiger partial charge in [0, 0.05) is 17.5 Å². The SMILES string of the molecule is Cc1csc(CC(C)(C)CCN)n1. The maximum absolute atomic E-state index is 5.56. The molecule has 2 nitrogen and oxygen atoms in total. The van der Waals surface area contributed by atoms with E-state index in [0.717, 1.165) is 25.1 Å². The van der Waals surface area contributed by atoms with Gasteiger partial charge >= 0.3 is 0 Å². The number of nitrogens with two attached hydrogens (primary N) is 1. The highest BCUT2D eigenvalue weighted by Gasteiger charge is 2.18. The van der Waals surface area contributed by atoms with E-state index in [1.165, 1.54) is 5.01 Å². The average Bonchev–Trinajstić information content (AvgIpc) is 2.34. The lowest BCUT2D eigenvalue weighted by molar-refractivity contribution is 0.338. The van der Waals surface area contributed by atoms with Crippen LogP contribution in [0.1, 0.15) is 31.0 Å². The molecule has 0 bridgehead atoms. The molecule has 0 spiro atoms. The summed E-state index contributed by atoms with van der Waals surface area (Å²) in [4.78, 5) is 4.46. The Kier molecular flexibility index (Phi) is 3.45. The zero-order valence-corrected chi connectivity index (χ0v) is 9.45. The third-order valence-electron chi connectivity index (χ3n) is 2.12. The minimum Gasteiger partial charge on any atom is -0.330 e. The van der Waals surface area contributed by atoms with Gasteiger partial charge < -0.3 is 5.73 Å². The Morgan fingerprint density at radius 3 is 2.69 bits per heavy atom. The molecule has 3 heteroatoms. The van der Waals surface area contributed by atoms with Crippen molar-refractivity contribution in [1.29, 1.82) is 0 Å². The molecule has 0 aliphatic heterocycles. The van der Waals surface area contributed by atoms with Gasteiger partial charge in [0.15, 0.2) is 0 Å². The maximum Gasteiger partial charge on any atom is 0.0933 e. The van der Waals surface area contributed by atoms with Gasteiger partial charge in [-0.2, -0.15) is 0 Å². The van der Waals surface area contributed by atoms with Crippen LogP contribution in [0.25, 0.3) is 0 Å². The molecule has 2 N–H and O–H groups in total. The largest absolute Gasteiger partial charge is 0.330 e. The normalized spacial score (nSPS) is 12.0. The van der Waals surface area contributed by atoms with Gasteiger partial charge in [0.25, 0.3) is 0 Å². The number of aryl methyl sites for hydroxylation is 1. The first kappa shape index (κ1) is 10.7. The summed E-state index contributed by atoms with van der Waals surface area (Å²) >= 11 is 1.75. The van der Waals surface area contributed by atoms with Crippen molar-refractivity contribution in [1.82, 2.24) is 4.98 Å². The zero-order chi connectivity index (χ0) is 9.90. The van der Waals surface area contributed by atoms with Crippen molar-refractivity contribution in [3.05, 3.63) is 16.1 Å². The van der Waals surface area contributed by atoms with E-state index in [2.05, 4.69) is 24.2 Å². The molecule has 1 rings (SSSR count). The molecule has 0 atom stereocenters. The quantitative estimate of drug-likeness (QED) is 0.806. The zero-order valence-electron chi connectivity index (χ0n) is 8.63. The van der Waals surface area contributed by atoms with Gasteiger partial charge in [-0.15, -0.1) is 11.3 Å². The van der Waals surface area contributed by atoms with Gasteiger partial charge in [0.2, 0.25) is 0 Å². The number of rotatable bonds is 4. The molecule has 0 amide bonds. The van der Waals surface area contributed by atoms with E-state index in [1.54, 1.807) is 11.3 Å². The van der Waals surface area contributed by atoms with Crippen LogP contribution in [0, 0.1) is 12.3 Å². The second-order valence-corrected chi connectivity index (χ2v) is 5.20. The van der Waals surface area contributed by atoms with Gasteiger partial charge in [-0.05, 0) is 25.3 Å². The molecule has 0 aliphatic carbocycles. The first-order chi connectivity index (χ1) is 6.03. The van der Waals surface area contributed by atoms with Crippen molar-refractivity contribution in [2.75, 3.05) is 6.54 Å². The molecule has 1 aromatic heterocycles. The first-order valence-corrected chi connectivity index (χ1v) is 5.52. The number of hydrogen-bond acceptors (Lipinski definition) is 3. The van der Waals surface area contributed by atoms with Crippen molar-refractivity contribution in [3.63, 3.8) is 0 Å². The Labute approximate surface area is 84.2 Å². The average molecular weight is 198 g/mol. The van der Waals surface area contributed by atoms with Crippen LogP contribution in [0.3, 0.4) is 0 Å². The van der Waals surface area contributed by atoms with Crippen LogP contribution in [0.15, 0.2) is 5.38 Å². The fraction of sp³-hybridized carbons (Fsp3) is 0.700. The van der Waals surface area contributed by atoms with Crippen LogP contribution in [0.5, 0.6) is 0 Å². The Morgan fingerprint density at radius 2 is 2.23 bits per heavy atom. The van der Waals surface area contributed by atoms with Crippen LogP contribution in [0.4, 0.5) is 0 Å². The molecule has 0 saturated heterocycles. The van der Waals surface area contributed by atoms with Gasteiger partial charge in [-0.3, -0.25) is 0 Å². The summed E-state index contributed by atoms with van der Waals surface area (Å²) in [5.74, 6) is 0. The lowest BCUT2D eigenvalue weighted by Gasteiger charge is -2.22. The van der Waals surface area contributed by atoms with E-state index in [4.69, 9.17) is 5.73 Å². The monoisotopic (exact) mass is 198 g/mol. The van der Waals surface area contributed by atoms with Crippen LogP contribution in [-0.4, -0.2) is 11.5 Å². The summed E-state index contributed by atoms with van der Waals surface area (Å²) in [6, 6.07) is 0. The summed E-state index contributed by atoms with van der Waals surface area (Å²) in [6.45, 7) is 7.29. The van der Waals surface area contributed by atoms with Crippen molar-refractivity contribution < 1.29 is 0 Å². The van der Waals surface area contributed by atoms with Crippen LogP contribution in [-0.2, 0) is 6.42 Å². The molecular weight excluding hydrogens is 180 g/mol. The second-order valence-electron chi connectivity index (χ2n) is 4.26. The number of aromatic nitrogens is 1. The molecule has 1 aromatic rings. The lowest BCUT2D eigenvalue weighted by Crippen LogP contribution is -2.19. The molecule has 74 valence electrons. The van der Waals surface area contributed by atoms with E-state index in [9.17, 15) is 0 Å². The topological polar surface area (TPSA) is 38.9 Å². The molecule has 13 heavy (non-hydrogen) atoms. The third kappa shape index (κ3) is 3.44. The van der Waals surface area contributed by atoms with E-state index in [-0.39, 0.29) is 0 Å². The molecular formula is C10H18N2S.